The van der Waals surface area contributed by atoms with Crippen molar-refractivity contribution in [1.29, 1.82) is 0 Å². The molecule has 1 aromatic carbocycles. The Labute approximate surface area is 118 Å². The first-order valence-electron chi connectivity index (χ1n) is 6.95. The smallest absolute Gasteiger partial charge is 0.320 e. The lowest BCUT2D eigenvalue weighted by Gasteiger charge is -2.32. The van der Waals surface area contributed by atoms with Gasteiger partial charge in [-0.3, -0.25) is 9.69 Å². The molecule has 1 aromatic rings. The largest absolute Gasteiger partial charge is 0.481 e. The molecule has 0 saturated carbocycles. The van der Waals surface area contributed by atoms with Gasteiger partial charge in [0.2, 0.25) is 0 Å². The van der Waals surface area contributed by atoms with Crippen LogP contribution < -0.4 is 4.74 Å². The highest BCUT2D eigenvalue weighted by molar-refractivity contribution is 5.73. The molecule has 1 fully saturated rings. The topological polar surface area (TPSA) is 49.8 Å². The Bertz CT molecular complexity index is 581. The Morgan fingerprint density at radius 2 is 2.30 bits per heavy atom. The molecule has 1 saturated heterocycles. The van der Waals surface area contributed by atoms with Crippen molar-refractivity contribution in [2.75, 3.05) is 13.1 Å². The zero-order valence-corrected chi connectivity index (χ0v) is 11.8. The van der Waals surface area contributed by atoms with Crippen LogP contribution in [0.25, 0.3) is 6.08 Å². The molecule has 0 aliphatic carbocycles. The highest BCUT2D eigenvalue weighted by Gasteiger charge is 2.42. The van der Waals surface area contributed by atoms with Crippen LogP contribution in [-0.2, 0) is 4.79 Å². The van der Waals surface area contributed by atoms with Crippen LogP contribution in [0.15, 0.2) is 24.3 Å². The molecule has 2 unspecified atom stereocenters. The molecule has 0 aromatic heterocycles. The van der Waals surface area contributed by atoms with Gasteiger partial charge in [-0.05, 0) is 31.6 Å². The zero-order valence-electron chi connectivity index (χ0n) is 11.8. The standard InChI is InChI=1S/C16H19NO3/c1-11-3-4-13-5-6-16(20-14(13)9-11)7-8-17(10-16)12(2)15(18)19/h3-6,9,12H,7-8,10H2,1-2H3,(H,18,19). The molecule has 0 amide bonds. The minimum Gasteiger partial charge on any atom is -0.481 e. The predicted molar refractivity (Wildman–Crippen MR) is 76.9 cm³/mol. The third kappa shape index (κ3) is 2.20. The van der Waals surface area contributed by atoms with Crippen LogP contribution in [0, 0.1) is 6.92 Å². The monoisotopic (exact) mass is 273 g/mol. The van der Waals surface area contributed by atoms with Crippen molar-refractivity contribution in [3.8, 4) is 5.75 Å². The summed E-state index contributed by atoms with van der Waals surface area (Å²) in [5.41, 5.74) is 1.89. The molecule has 0 radical (unpaired) electrons. The van der Waals surface area contributed by atoms with Gasteiger partial charge in [0.25, 0.3) is 0 Å². The van der Waals surface area contributed by atoms with Crippen molar-refractivity contribution >= 4 is 12.0 Å². The van der Waals surface area contributed by atoms with E-state index in [1.165, 1.54) is 5.56 Å². The summed E-state index contributed by atoms with van der Waals surface area (Å²) in [4.78, 5) is 13.1. The fourth-order valence-corrected chi connectivity index (χ4v) is 2.90. The summed E-state index contributed by atoms with van der Waals surface area (Å²) in [6.45, 7) is 5.15. The second-order valence-corrected chi connectivity index (χ2v) is 5.78. The molecule has 20 heavy (non-hydrogen) atoms. The number of carbonyl (C=O) groups is 1. The lowest BCUT2D eigenvalue weighted by atomic mass is 9.97. The number of carboxylic acids is 1. The average molecular weight is 273 g/mol. The molecule has 4 heteroatoms. The average Bonchev–Trinajstić information content (AvgIpc) is 2.81. The van der Waals surface area contributed by atoms with Crippen molar-refractivity contribution in [3.05, 3.63) is 35.4 Å². The first-order valence-corrected chi connectivity index (χ1v) is 6.95. The van der Waals surface area contributed by atoms with Crippen LogP contribution in [0.3, 0.4) is 0 Å². The zero-order chi connectivity index (χ0) is 14.3. The Hall–Kier alpha value is -1.81. The Kier molecular flexibility index (Phi) is 3.05. The summed E-state index contributed by atoms with van der Waals surface area (Å²) in [5, 5.41) is 9.12. The normalized spacial score (nSPS) is 26.3. The Morgan fingerprint density at radius 1 is 1.50 bits per heavy atom. The van der Waals surface area contributed by atoms with Crippen molar-refractivity contribution in [2.24, 2.45) is 0 Å². The van der Waals surface area contributed by atoms with E-state index in [4.69, 9.17) is 9.84 Å². The van der Waals surface area contributed by atoms with E-state index in [0.29, 0.717) is 6.54 Å². The number of benzene rings is 1. The van der Waals surface area contributed by atoms with Gasteiger partial charge in [-0.15, -0.1) is 0 Å². The number of likely N-dealkylation sites (tertiary alicyclic amines) is 1. The maximum absolute atomic E-state index is 11.1. The van der Waals surface area contributed by atoms with Gasteiger partial charge >= 0.3 is 5.97 Å². The minimum absolute atomic E-state index is 0.371. The molecule has 2 atom stereocenters. The molecule has 106 valence electrons. The van der Waals surface area contributed by atoms with Crippen molar-refractivity contribution in [2.45, 2.75) is 31.9 Å². The molecular formula is C16H19NO3. The van der Waals surface area contributed by atoms with Crippen LogP contribution >= 0.6 is 0 Å². The summed E-state index contributed by atoms with van der Waals surface area (Å²) in [7, 11) is 0. The molecule has 2 aliphatic rings. The van der Waals surface area contributed by atoms with Crippen LogP contribution in [0.2, 0.25) is 0 Å². The molecule has 4 nitrogen and oxygen atoms in total. The molecule has 2 aliphatic heterocycles. The number of aryl methyl sites for hydroxylation is 1. The number of carboxylic acid groups (broad SMARTS) is 1. The van der Waals surface area contributed by atoms with E-state index in [9.17, 15) is 4.79 Å². The summed E-state index contributed by atoms with van der Waals surface area (Å²) in [6.07, 6.45) is 5.00. The molecule has 0 bridgehead atoms. The quantitative estimate of drug-likeness (QED) is 0.898. The molecular weight excluding hydrogens is 254 g/mol. The van der Waals surface area contributed by atoms with Crippen molar-refractivity contribution in [1.82, 2.24) is 4.90 Å². The van der Waals surface area contributed by atoms with Crippen LogP contribution in [-0.4, -0.2) is 40.7 Å². The summed E-state index contributed by atoms with van der Waals surface area (Å²) in [6, 6.07) is 5.70. The van der Waals surface area contributed by atoms with Gasteiger partial charge in [0.1, 0.15) is 17.4 Å². The number of hydrogen-bond donors (Lipinski definition) is 1. The second kappa shape index (κ2) is 4.63. The molecule has 3 rings (SSSR count). The SMILES string of the molecule is Cc1ccc2c(c1)OC1(C=C2)CCN(C(C)C(=O)O)C1. The number of ether oxygens (including phenoxy) is 1. The Balaban J connectivity index is 1.82. The number of rotatable bonds is 2. The van der Waals surface area contributed by atoms with Gasteiger partial charge in [-0.25, -0.2) is 0 Å². The Morgan fingerprint density at radius 3 is 3.05 bits per heavy atom. The second-order valence-electron chi connectivity index (χ2n) is 5.78. The number of nitrogens with zero attached hydrogens (tertiary/aromatic N) is 1. The van der Waals surface area contributed by atoms with Gasteiger partial charge in [-0.2, -0.15) is 0 Å². The van der Waals surface area contributed by atoms with Gasteiger partial charge in [0, 0.05) is 25.1 Å². The van der Waals surface area contributed by atoms with Crippen LogP contribution in [0.1, 0.15) is 24.5 Å². The summed E-state index contributed by atoms with van der Waals surface area (Å²) < 4.78 is 6.20. The van der Waals surface area contributed by atoms with Crippen molar-refractivity contribution in [3.63, 3.8) is 0 Å². The third-order valence-corrected chi connectivity index (χ3v) is 4.25. The van der Waals surface area contributed by atoms with Gasteiger partial charge in [0.15, 0.2) is 0 Å². The number of aliphatic carboxylic acids is 1. The van der Waals surface area contributed by atoms with Gasteiger partial charge in [-0.1, -0.05) is 18.2 Å². The maximum Gasteiger partial charge on any atom is 0.320 e. The fraction of sp³-hybridized carbons (Fsp3) is 0.438. The summed E-state index contributed by atoms with van der Waals surface area (Å²) in [5.74, 6) is 0.121. The van der Waals surface area contributed by atoms with Gasteiger partial charge < -0.3 is 9.84 Å². The van der Waals surface area contributed by atoms with E-state index in [-0.39, 0.29) is 5.60 Å². The van der Waals surface area contributed by atoms with E-state index >= 15 is 0 Å². The molecule has 1 spiro atoms. The first kappa shape index (κ1) is 13.2. The maximum atomic E-state index is 11.1. The lowest BCUT2D eigenvalue weighted by molar-refractivity contribution is -0.142. The fourth-order valence-electron chi connectivity index (χ4n) is 2.90. The van der Waals surface area contributed by atoms with Crippen LogP contribution in [0.4, 0.5) is 0 Å². The highest BCUT2D eigenvalue weighted by Crippen LogP contribution is 2.37. The van der Waals surface area contributed by atoms with Gasteiger partial charge in [0.05, 0.1) is 0 Å². The van der Waals surface area contributed by atoms with E-state index in [1.807, 2.05) is 17.9 Å². The third-order valence-electron chi connectivity index (χ3n) is 4.25. The minimum atomic E-state index is -0.780. The van der Waals surface area contributed by atoms with Crippen LogP contribution in [0.5, 0.6) is 5.75 Å². The lowest BCUT2D eigenvalue weighted by Crippen LogP contribution is -2.43. The van der Waals surface area contributed by atoms with E-state index in [1.54, 1.807) is 6.92 Å². The van der Waals surface area contributed by atoms with Crippen molar-refractivity contribution < 1.29 is 14.6 Å². The number of hydrogen-bond acceptors (Lipinski definition) is 3. The van der Waals surface area contributed by atoms with E-state index in [2.05, 4.69) is 24.3 Å². The predicted octanol–water partition coefficient (Wildman–Crippen LogP) is 2.32. The first-order chi connectivity index (χ1) is 9.49. The van der Waals surface area contributed by atoms with E-state index in [0.717, 1.165) is 24.3 Å². The van der Waals surface area contributed by atoms with E-state index < -0.39 is 12.0 Å². The molecule has 1 N–H and O–H groups in total. The highest BCUT2D eigenvalue weighted by atomic mass is 16.5. The summed E-state index contributed by atoms with van der Waals surface area (Å²) >= 11 is 0. The number of fused-ring (bicyclic) bond motifs is 1. The molecule has 2 heterocycles.